The fourth-order valence-corrected chi connectivity index (χ4v) is 0.663. The predicted octanol–water partition coefficient (Wildman–Crippen LogP) is 2.23. The van der Waals surface area contributed by atoms with Crippen molar-refractivity contribution in [1.29, 1.82) is 0 Å². The summed E-state index contributed by atoms with van der Waals surface area (Å²) in [5, 5.41) is 0. The van der Waals surface area contributed by atoms with E-state index in [1.807, 2.05) is 0 Å². The summed E-state index contributed by atoms with van der Waals surface area (Å²) in [6.45, 7) is 4.70. The number of carbonyl (C=O) groups is 1. The van der Waals surface area contributed by atoms with E-state index in [9.17, 15) is 13.6 Å². The van der Waals surface area contributed by atoms with Gasteiger partial charge in [0.2, 0.25) is 6.43 Å². The van der Waals surface area contributed by atoms with Crippen molar-refractivity contribution in [3.63, 3.8) is 0 Å². The molecule has 0 amide bonds. The molecule has 0 aromatic heterocycles. The Balaban J connectivity index is 3.69. The Kier molecular flexibility index (Phi) is 4.78. The predicted molar refractivity (Wildman–Crippen MR) is 41.0 cm³/mol. The van der Waals surface area contributed by atoms with Gasteiger partial charge in [-0.15, -0.1) is 0 Å². The minimum Gasteiger partial charge on any atom is -0.463 e. The zero-order chi connectivity index (χ0) is 9.72. The third kappa shape index (κ3) is 5.04. The van der Waals surface area contributed by atoms with Crippen LogP contribution >= 0.6 is 0 Å². The van der Waals surface area contributed by atoms with E-state index in [2.05, 4.69) is 0 Å². The molecular formula is C8H14F2O2. The van der Waals surface area contributed by atoms with Crippen LogP contribution < -0.4 is 0 Å². The number of esters is 1. The zero-order valence-corrected chi connectivity index (χ0v) is 7.51. The number of alkyl halides is 2. The summed E-state index contributed by atoms with van der Waals surface area (Å²) in [7, 11) is 0. The molecular weight excluding hydrogens is 166 g/mol. The first-order chi connectivity index (χ1) is 5.43. The monoisotopic (exact) mass is 180 g/mol. The quantitative estimate of drug-likeness (QED) is 0.620. The third-order valence-corrected chi connectivity index (χ3v) is 1.29. The van der Waals surface area contributed by atoms with Crippen molar-refractivity contribution < 1.29 is 18.3 Å². The molecule has 12 heavy (non-hydrogen) atoms. The average molecular weight is 180 g/mol. The van der Waals surface area contributed by atoms with E-state index < -0.39 is 18.3 Å². The molecule has 0 aliphatic rings. The zero-order valence-electron chi connectivity index (χ0n) is 7.51. The van der Waals surface area contributed by atoms with Crippen molar-refractivity contribution in [2.45, 2.75) is 39.7 Å². The molecule has 1 atom stereocenters. The topological polar surface area (TPSA) is 26.3 Å². The standard InChI is InChI=1S/C8H14F2O2/c1-5(2)12-7(11)4-6(3)8(9)10/h5-6,8H,4H2,1-3H3/t6-/m1/s1. The van der Waals surface area contributed by atoms with E-state index in [-0.39, 0.29) is 12.5 Å². The molecule has 0 spiro atoms. The highest BCUT2D eigenvalue weighted by Gasteiger charge is 2.19. The number of rotatable bonds is 4. The Morgan fingerprint density at radius 2 is 1.83 bits per heavy atom. The number of halogens is 2. The second-order valence-corrected chi connectivity index (χ2v) is 3.05. The van der Waals surface area contributed by atoms with Crippen LogP contribution in [-0.2, 0) is 9.53 Å². The molecule has 0 radical (unpaired) electrons. The first kappa shape index (κ1) is 11.3. The molecule has 72 valence electrons. The molecule has 0 bridgehead atoms. The van der Waals surface area contributed by atoms with Gasteiger partial charge in [0.05, 0.1) is 12.5 Å². The van der Waals surface area contributed by atoms with Crippen LogP contribution in [0.2, 0.25) is 0 Å². The van der Waals surface area contributed by atoms with E-state index in [1.54, 1.807) is 13.8 Å². The number of carbonyl (C=O) groups excluding carboxylic acids is 1. The summed E-state index contributed by atoms with van der Waals surface area (Å²) in [6, 6.07) is 0. The van der Waals surface area contributed by atoms with Gasteiger partial charge in [-0.2, -0.15) is 0 Å². The number of ether oxygens (including phenoxy) is 1. The maximum absolute atomic E-state index is 11.9. The molecule has 0 aliphatic heterocycles. The molecule has 0 unspecified atom stereocenters. The maximum Gasteiger partial charge on any atom is 0.306 e. The van der Waals surface area contributed by atoms with Crippen LogP contribution in [-0.4, -0.2) is 18.5 Å². The van der Waals surface area contributed by atoms with Crippen LogP contribution in [0.15, 0.2) is 0 Å². The molecule has 0 aromatic rings. The lowest BCUT2D eigenvalue weighted by atomic mass is 10.1. The Labute approximate surface area is 70.9 Å². The van der Waals surface area contributed by atoms with Gasteiger partial charge < -0.3 is 4.74 Å². The minimum absolute atomic E-state index is 0.212. The van der Waals surface area contributed by atoms with Crippen molar-refractivity contribution in [3.05, 3.63) is 0 Å². The molecule has 0 saturated carbocycles. The van der Waals surface area contributed by atoms with Crippen LogP contribution in [0.5, 0.6) is 0 Å². The van der Waals surface area contributed by atoms with Gasteiger partial charge in [0.1, 0.15) is 0 Å². The summed E-state index contributed by atoms with van der Waals surface area (Å²) >= 11 is 0. The second-order valence-electron chi connectivity index (χ2n) is 3.05. The summed E-state index contributed by atoms with van der Waals surface area (Å²) in [5.74, 6) is -1.48. The Bertz CT molecular complexity index is 146. The van der Waals surface area contributed by atoms with Gasteiger partial charge >= 0.3 is 5.97 Å². The molecule has 0 heterocycles. The molecule has 0 rings (SSSR count). The van der Waals surface area contributed by atoms with E-state index >= 15 is 0 Å². The molecule has 2 nitrogen and oxygen atoms in total. The van der Waals surface area contributed by atoms with Crippen LogP contribution in [0, 0.1) is 5.92 Å². The summed E-state index contributed by atoms with van der Waals surface area (Å²) < 4.78 is 28.5. The van der Waals surface area contributed by atoms with Gasteiger partial charge in [0.15, 0.2) is 0 Å². The van der Waals surface area contributed by atoms with Crippen LogP contribution in [0.25, 0.3) is 0 Å². The normalized spacial score (nSPS) is 13.6. The Hall–Kier alpha value is -0.670. The van der Waals surface area contributed by atoms with Gasteiger partial charge in [-0.25, -0.2) is 8.78 Å². The third-order valence-electron chi connectivity index (χ3n) is 1.29. The molecule has 0 N–H and O–H groups in total. The van der Waals surface area contributed by atoms with Crippen LogP contribution in [0.3, 0.4) is 0 Å². The Morgan fingerprint density at radius 1 is 1.33 bits per heavy atom. The summed E-state index contributed by atoms with van der Waals surface area (Å²) in [4.78, 5) is 10.8. The van der Waals surface area contributed by atoms with Gasteiger partial charge in [-0.1, -0.05) is 6.92 Å². The van der Waals surface area contributed by atoms with Gasteiger partial charge in [0, 0.05) is 5.92 Å². The molecule has 0 aromatic carbocycles. The van der Waals surface area contributed by atoms with Gasteiger partial charge in [0.25, 0.3) is 0 Å². The van der Waals surface area contributed by atoms with Crippen molar-refractivity contribution >= 4 is 5.97 Å². The second kappa shape index (κ2) is 5.06. The lowest BCUT2D eigenvalue weighted by Gasteiger charge is -2.11. The highest BCUT2D eigenvalue weighted by atomic mass is 19.3. The van der Waals surface area contributed by atoms with Crippen molar-refractivity contribution in [2.24, 2.45) is 5.92 Å². The first-order valence-electron chi connectivity index (χ1n) is 3.91. The fraction of sp³-hybridized carbons (Fsp3) is 0.875. The SMILES string of the molecule is CC(C)OC(=O)C[C@@H](C)C(F)F. The number of hydrogen-bond acceptors (Lipinski definition) is 2. The van der Waals surface area contributed by atoms with E-state index in [0.29, 0.717) is 0 Å². The summed E-state index contributed by atoms with van der Waals surface area (Å²) in [5.41, 5.74) is 0. The van der Waals surface area contributed by atoms with Crippen molar-refractivity contribution in [1.82, 2.24) is 0 Å². The Morgan fingerprint density at radius 3 is 2.17 bits per heavy atom. The first-order valence-corrected chi connectivity index (χ1v) is 3.91. The van der Waals surface area contributed by atoms with Crippen LogP contribution in [0.4, 0.5) is 8.78 Å². The molecule has 0 aliphatic carbocycles. The minimum atomic E-state index is -2.45. The highest BCUT2D eigenvalue weighted by Crippen LogP contribution is 2.13. The molecule has 0 saturated heterocycles. The van der Waals surface area contributed by atoms with Crippen molar-refractivity contribution in [3.8, 4) is 0 Å². The average Bonchev–Trinajstić information content (AvgIpc) is 1.84. The largest absolute Gasteiger partial charge is 0.463 e. The molecule has 4 heteroatoms. The van der Waals surface area contributed by atoms with Gasteiger partial charge in [-0.3, -0.25) is 4.79 Å². The van der Waals surface area contributed by atoms with Crippen LogP contribution in [0.1, 0.15) is 27.2 Å². The summed E-state index contributed by atoms with van der Waals surface area (Å²) in [6.07, 6.45) is -2.90. The fourth-order valence-electron chi connectivity index (χ4n) is 0.663. The van der Waals surface area contributed by atoms with Gasteiger partial charge in [-0.05, 0) is 13.8 Å². The smallest absolute Gasteiger partial charge is 0.306 e. The molecule has 0 fully saturated rings. The highest BCUT2D eigenvalue weighted by molar-refractivity contribution is 5.69. The van der Waals surface area contributed by atoms with E-state index in [1.165, 1.54) is 6.92 Å². The van der Waals surface area contributed by atoms with E-state index in [0.717, 1.165) is 0 Å². The lowest BCUT2D eigenvalue weighted by Crippen LogP contribution is -2.17. The number of hydrogen-bond donors (Lipinski definition) is 0. The lowest BCUT2D eigenvalue weighted by molar-refractivity contribution is -0.149. The maximum atomic E-state index is 11.9. The van der Waals surface area contributed by atoms with Crippen molar-refractivity contribution in [2.75, 3.05) is 0 Å². The van der Waals surface area contributed by atoms with E-state index in [4.69, 9.17) is 4.74 Å².